The summed E-state index contributed by atoms with van der Waals surface area (Å²) in [6, 6.07) is 7.97. The Kier molecular flexibility index (Phi) is 4.54. The number of benzene rings is 1. The zero-order valence-corrected chi connectivity index (χ0v) is 11.3. The standard InChI is InChI=1S/C14H18N2O3/c1-10(14(17-2)18-3)16-12-6-4-11(5-7-12)13-8-15-9-19-13/h4-10,14,16H,1-3H3. The second-order valence-electron chi connectivity index (χ2n) is 4.22. The molecular weight excluding hydrogens is 244 g/mol. The molecule has 1 heterocycles. The Morgan fingerprint density at radius 1 is 1.16 bits per heavy atom. The lowest BCUT2D eigenvalue weighted by molar-refractivity contribution is -0.109. The van der Waals surface area contributed by atoms with Crippen molar-refractivity contribution in [3.63, 3.8) is 0 Å². The number of hydrogen-bond acceptors (Lipinski definition) is 5. The summed E-state index contributed by atoms with van der Waals surface area (Å²) in [5.41, 5.74) is 1.99. The van der Waals surface area contributed by atoms with Gasteiger partial charge in [-0.25, -0.2) is 4.98 Å². The molecule has 0 radical (unpaired) electrons. The molecule has 1 aromatic heterocycles. The van der Waals surface area contributed by atoms with Crippen molar-refractivity contribution >= 4 is 5.69 Å². The van der Waals surface area contributed by atoms with Crippen LogP contribution in [0.15, 0.2) is 41.3 Å². The molecule has 2 rings (SSSR count). The first-order valence-electron chi connectivity index (χ1n) is 6.05. The molecule has 0 aliphatic carbocycles. The summed E-state index contributed by atoms with van der Waals surface area (Å²) in [6.07, 6.45) is 2.83. The molecule has 19 heavy (non-hydrogen) atoms. The predicted octanol–water partition coefficient (Wildman–Crippen LogP) is 2.76. The fourth-order valence-electron chi connectivity index (χ4n) is 1.92. The Morgan fingerprint density at radius 2 is 1.84 bits per heavy atom. The summed E-state index contributed by atoms with van der Waals surface area (Å²) < 4.78 is 15.7. The lowest BCUT2D eigenvalue weighted by atomic mass is 10.1. The van der Waals surface area contributed by atoms with E-state index in [2.05, 4.69) is 10.3 Å². The second kappa shape index (κ2) is 6.36. The summed E-state index contributed by atoms with van der Waals surface area (Å²) in [5.74, 6) is 0.756. The van der Waals surface area contributed by atoms with E-state index in [0.717, 1.165) is 17.0 Å². The van der Waals surface area contributed by atoms with Gasteiger partial charge >= 0.3 is 0 Å². The molecule has 1 N–H and O–H groups in total. The molecule has 0 bridgehead atoms. The number of oxazole rings is 1. The van der Waals surface area contributed by atoms with Gasteiger partial charge in [0, 0.05) is 25.5 Å². The number of ether oxygens (including phenoxy) is 2. The van der Waals surface area contributed by atoms with E-state index in [4.69, 9.17) is 13.9 Å². The zero-order chi connectivity index (χ0) is 13.7. The van der Waals surface area contributed by atoms with Crippen LogP contribution in [0.4, 0.5) is 5.69 Å². The SMILES string of the molecule is COC(OC)C(C)Nc1ccc(-c2cnco2)cc1. The first-order chi connectivity index (χ1) is 9.24. The molecule has 1 unspecified atom stereocenters. The van der Waals surface area contributed by atoms with Crippen LogP contribution in [0.5, 0.6) is 0 Å². The quantitative estimate of drug-likeness (QED) is 0.811. The number of nitrogens with one attached hydrogen (secondary N) is 1. The Hall–Kier alpha value is -1.85. The molecule has 0 saturated heterocycles. The van der Waals surface area contributed by atoms with Crippen molar-refractivity contribution in [1.29, 1.82) is 0 Å². The van der Waals surface area contributed by atoms with Crippen LogP contribution in [0.1, 0.15) is 6.92 Å². The van der Waals surface area contributed by atoms with Gasteiger partial charge in [0.25, 0.3) is 0 Å². The van der Waals surface area contributed by atoms with Crippen molar-refractivity contribution < 1.29 is 13.9 Å². The van der Waals surface area contributed by atoms with Crippen LogP contribution >= 0.6 is 0 Å². The van der Waals surface area contributed by atoms with Crippen LogP contribution in [-0.4, -0.2) is 31.5 Å². The number of methoxy groups -OCH3 is 2. The average Bonchev–Trinajstić information content (AvgIpc) is 2.95. The minimum Gasteiger partial charge on any atom is -0.444 e. The van der Waals surface area contributed by atoms with E-state index in [-0.39, 0.29) is 12.3 Å². The van der Waals surface area contributed by atoms with Gasteiger partial charge in [-0.05, 0) is 31.2 Å². The maximum Gasteiger partial charge on any atom is 0.181 e. The molecular formula is C14H18N2O3. The van der Waals surface area contributed by atoms with Crippen LogP contribution in [-0.2, 0) is 9.47 Å². The third-order valence-corrected chi connectivity index (χ3v) is 2.87. The Balaban J connectivity index is 2.03. The number of anilines is 1. The summed E-state index contributed by atoms with van der Waals surface area (Å²) in [7, 11) is 3.25. The zero-order valence-electron chi connectivity index (χ0n) is 11.3. The van der Waals surface area contributed by atoms with Gasteiger partial charge < -0.3 is 19.2 Å². The summed E-state index contributed by atoms with van der Waals surface area (Å²) >= 11 is 0. The van der Waals surface area contributed by atoms with E-state index in [0.29, 0.717) is 0 Å². The van der Waals surface area contributed by atoms with E-state index >= 15 is 0 Å². The van der Waals surface area contributed by atoms with Crippen LogP contribution < -0.4 is 5.32 Å². The molecule has 0 aliphatic rings. The van der Waals surface area contributed by atoms with Crippen molar-refractivity contribution in [1.82, 2.24) is 4.98 Å². The molecule has 0 amide bonds. The molecule has 1 aromatic carbocycles. The van der Waals surface area contributed by atoms with Crippen LogP contribution in [0, 0.1) is 0 Å². The summed E-state index contributed by atoms with van der Waals surface area (Å²) in [5, 5.41) is 3.32. The monoisotopic (exact) mass is 262 g/mol. The number of aromatic nitrogens is 1. The lowest BCUT2D eigenvalue weighted by Gasteiger charge is -2.23. The van der Waals surface area contributed by atoms with Crippen LogP contribution in [0.25, 0.3) is 11.3 Å². The van der Waals surface area contributed by atoms with Crippen molar-refractivity contribution in [2.45, 2.75) is 19.3 Å². The molecule has 5 heteroatoms. The van der Waals surface area contributed by atoms with Gasteiger partial charge in [0.15, 0.2) is 18.4 Å². The minimum absolute atomic E-state index is 0.0473. The van der Waals surface area contributed by atoms with E-state index in [1.807, 2.05) is 31.2 Å². The van der Waals surface area contributed by atoms with Gasteiger partial charge in [0.2, 0.25) is 0 Å². The largest absolute Gasteiger partial charge is 0.444 e. The van der Waals surface area contributed by atoms with Crippen LogP contribution in [0.3, 0.4) is 0 Å². The van der Waals surface area contributed by atoms with Crippen molar-refractivity contribution in [2.75, 3.05) is 19.5 Å². The molecule has 1 atom stereocenters. The highest BCUT2D eigenvalue weighted by Gasteiger charge is 2.15. The van der Waals surface area contributed by atoms with E-state index in [1.54, 1.807) is 20.4 Å². The average molecular weight is 262 g/mol. The van der Waals surface area contributed by atoms with Gasteiger partial charge in [-0.2, -0.15) is 0 Å². The highest BCUT2D eigenvalue weighted by molar-refractivity contribution is 5.60. The Labute approximate surface area is 112 Å². The van der Waals surface area contributed by atoms with Crippen molar-refractivity contribution in [3.05, 3.63) is 36.9 Å². The van der Waals surface area contributed by atoms with Crippen molar-refractivity contribution in [2.24, 2.45) is 0 Å². The van der Waals surface area contributed by atoms with Gasteiger partial charge in [-0.15, -0.1) is 0 Å². The highest BCUT2D eigenvalue weighted by Crippen LogP contribution is 2.21. The maximum atomic E-state index is 5.24. The van der Waals surface area contributed by atoms with Gasteiger partial charge in [0.05, 0.1) is 12.2 Å². The smallest absolute Gasteiger partial charge is 0.181 e. The molecule has 0 aliphatic heterocycles. The Bertz CT molecular complexity index is 478. The molecule has 0 spiro atoms. The molecule has 102 valence electrons. The van der Waals surface area contributed by atoms with E-state index < -0.39 is 0 Å². The second-order valence-corrected chi connectivity index (χ2v) is 4.22. The maximum absolute atomic E-state index is 5.24. The molecule has 2 aromatic rings. The summed E-state index contributed by atoms with van der Waals surface area (Å²) in [4.78, 5) is 3.90. The van der Waals surface area contributed by atoms with E-state index in [1.165, 1.54) is 6.39 Å². The first kappa shape index (κ1) is 13.6. The van der Waals surface area contributed by atoms with Gasteiger partial charge in [-0.3, -0.25) is 0 Å². The van der Waals surface area contributed by atoms with Crippen molar-refractivity contribution in [3.8, 4) is 11.3 Å². The Morgan fingerprint density at radius 3 is 2.37 bits per heavy atom. The molecule has 5 nitrogen and oxygen atoms in total. The topological polar surface area (TPSA) is 56.5 Å². The first-order valence-corrected chi connectivity index (χ1v) is 6.05. The molecule has 0 saturated carbocycles. The third-order valence-electron chi connectivity index (χ3n) is 2.87. The highest BCUT2D eigenvalue weighted by atomic mass is 16.7. The third kappa shape index (κ3) is 3.33. The predicted molar refractivity (Wildman–Crippen MR) is 72.8 cm³/mol. The number of rotatable bonds is 6. The lowest BCUT2D eigenvalue weighted by Crippen LogP contribution is -2.33. The van der Waals surface area contributed by atoms with Crippen LogP contribution in [0.2, 0.25) is 0 Å². The van der Waals surface area contributed by atoms with Gasteiger partial charge in [0.1, 0.15) is 0 Å². The minimum atomic E-state index is -0.283. The fourth-order valence-corrected chi connectivity index (χ4v) is 1.92. The number of nitrogens with zero attached hydrogens (tertiary/aromatic N) is 1. The summed E-state index contributed by atoms with van der Waals surface area (Å²) in [6.45, 7) is 2.00. The van der Waals surface area contributed by atoms with Gasteiger partial charge in [-0.1, -0.05) is 0 Å². The van der Waals surface area contributed by atoms with E-state index in [9.17, 15) is 0 Å². The molecule has 0 fully saturated rings. The fraction of sp³-hybridized carbons (Fsp3) is 0.357. The normalized spacial score (nSPS) is 12.6. The number of hydrogen-bond donors (Lipinski definition) is 1.